The molecular weight excluding hydrogens is 384 g/mol. The average Bonchev–Trinajstić information content (AvgIpc) is 3.44. The van der Waals surface area contributed by atoms with Gasteiger partial charge in [0.15, 0.2) is 11.5 Å². The summed E-state index contributed by atoms with van der Waals surface area (Å²) in [6.07, 6.45) is 4.88. The Bertz CT molecular complexity index is 1150. The fourth-order valence-electron chi connectivity index (χ4n) is 3.25. The van der Waals surface area contributed by atoms with Crippen LogP contribution in [0.25, 0.3) is 17.2 Å². The van der Waals surface area contributed by atoms with Gasteiger partial charge in [-0.15, -0.1) is 5.10 Å². The zero-order chi connectivity index (χ0) is 21.1. The molecule has 9 nitrogen and oxygen atoms in total. The molecule has 0 saturated carbocycles. The van der Waals surface area contributed by atoms with E-state index in [0.29, 0.717) is 24.1 Å². The number of benzene rings is 1. The van der Waals surface area contributed by atoms with Crippen molar-refractivity contribution in [3.63, 3.8) is 0 Å². The van der Waals surface area contributed by atoms with E-state index in [1.165, 1.54) is 6.26 Å². The van der Waals surface area contributed by atoms with E-state index in [4.69, 9.17) is 23.9 Å². The summed E-state index contributed by atoms with van der Waals surface area (Å²) in [5.74, 6) is 3.23. The molecule has 156 valence electrons. The van der Waals surface area contributed by atoms with Gasteiger partial charge >= 0.3 is 0 Å². The third-order valence-corrected chi connectivity index (χ3v) is 4.80. The van der Waals surface area contributed by atoms with Crippen molar-refractivity contribution < 1.29 is 13.9 Å². The highest BCUT2D eigenvalue weighted by Gasteiger charge is 2.19. The number of methoxy groups -OCH3 is 2. The molecule has 1 N–H and O–H groups in total. The predicted molar refractivity (Wildman–Crippen MR) is 112 cm³/mol. The van der Waals surface area contributed by atoms with E-state index in [1.807, 2.05) is 25.1 Å². The first kappa shape index (κ1) is 19.7. The molecule has 0 aliphatic carbocycles. The summed E-state index contributed by atoms with van der Waals surface area (Å²) in [7, 11) is 3.26. The number of rotatable bonds is 8. The number of anilines is 1. The fourth-order valence-corrected chi connectivity index (χ4v) is 3.25. The van der Waals surface area contributed by atoms with Crippen molar-refractivity contribution in [3.05, 3.63) is 47.6 Å². The average molecular weight is 408 g/mol. The lowest BCUT2D eigenvalue weighted by Crippen LogP contribution is -2.10. The van der Waals surface area contributed by atoms with Crippen molar-refractivity contribution in [1.82, 2.24) is 24.6 Å². The van der Waals surface area contributed by atoms with Crippen LogP contribution in [0.1, 0.15) is 30.3 Å². The van der Waals surface area contributed by atoms with Gasteiger partial charge in [-0.05, 0) is 25.5 Å². The zero-order valence-corrected chi connectivity index (χ0v) is 17.5. The van der Waals surface area contributed by atoms with Crippen molar-refractivity contribution in [2.24, 2.45) is 0 Å². The molecule has 0 saturated heterocycles. The van der Waals surface area contributed by atoms with E-state index >= 15 is 0 Å². The first-order valence-electron chi connectivity index (χ1n) is 9.75. The van der Waals surface area contributed by atoms with Crippen molar-refractivity contribution >= 4 is 11.6 Å². The number of aromatic nitrogens is 5. The highest BCUT2D eigenvalue weighted by atomic mass is 16.5. The lowest BCUT2D eigenvalue weighted by atomic mass is 10.2. The van der Waals surface area contributed by atoms with Crippen LogP contribution in [0, 0.1) is 6.92 Å². The second-order valence-corrected chi connectivity index (χ2v) is 6.79. The minimum absolute atomic E-state index is 0.445. The van der Waals surface area contributed by atoms with Crippen LogP contribution in [0.4, 0.5) is 5.95 Å². The molecule has 0 aliphatic heterocycles. The Balaban J connectivity index is 1.75. The van der Waals surface area contributed by atoms with Crippen LogP contribution < -0.4 is 14.8 Å². The first-order valence-corrected chi connectivity index (χ1v) is 9.75. The van der Waals surface area contributed by atoms with Crippen molar-refractivity contribution in [2.45, 2.75) is 33.2 Å². The number of hydrogen-bond acceptors (Lipinski definition) is 8. The SMILES string of the molecule is CCCc1nc2c(C)c(-c3ncco3)nc(NCc3ccc(OC)cc3OC)n2n1. The molecule has 3 aromatic heterocycles. The summed E-state index contributed by atoms with van der Waals surface area (Å²) in [5.41, 5.74) is 3.18. The summed E-state index contributed by atoms with van der Waals surface area (Å²) in [6.45, 7) is 4.53. The summed E-state index contributed by atoms with van der Waals surface area (Å²) >= 11 is 0. The van der Waals surface area contributed by atoms with Crippen LogP contribution in [0.2, 0.25) is 0 Å². The number of nitrogens with zero attached hydrogens (tertiary/aromatic N) is 5. The highest BCUT2D eigenvalue weighted by Crippen LogP contribution is 2.28. The monoisotopic (exact) mass is 408 g/mol. The second kappa shape index (κ2) is 8.40. The molecule has 30 heavy (non-hydrogen) atoms. The van der Waals surface area contributed by atoms with E-state index in [1.54, 1.807) is 24.9 Å². The molecule has 0 atom stereocenters. The predicted octanol–water partition coefficient (Wildman–Crippen LogP) is 3.67. The van der Waals surface area contributed by atoms with E-state index in [-0.39, 0.29) is 0 Å². The van der Waals surface area contributed by atoms with Gasteiger partial charge in [0.2, 0.25) is 11.8 Å². The number of hydrogen-bond donors (Lipinski definition) is 1. The standard InChI is InChI=1S/C21H24N6O3/c1-5-6-17-24-19-13(2)18(20-22-9-10-30-20)25-21(27(19)26-17)23-12-14-7-8-15(28-3)11-16(14)29-4/h7-11H,5-6,12H2,1-4H3,(H,23,25). The maximum absolute atomic E-state index is 5.50. The molecular formula is C21H24N6O3. The Labute approximate surface area is 174 Å². The molecule has 0 unspecified atom stereocenters. The van der Waals surface area contributed by atoms with Gasteiger partial charge in [0.05, 0.1) is 20.4 Å². The maximum Gasteiger partial charge on any atom is 0.245 e. The van der Waals surface area contributed by atoms with Crippen molar-refractivity contribution in [1.29, 1.82) is 0 Å². The molecule has 1 aromatic carbocycles. The van der Waals surface area contributed by atoms with Crippen molar-refractivity contribution in [2.75, 3.05) is 19.5 Å². The Kier molecular flexibility index (Phi) is 5.51. The van der Waals surface area contributed by atoms with Gasteiger partial charge < -0.3 is 19.2 Å². The van der Waals surface area contributed by atoms with Crippen molar-refractivity contribution in [3.8, 4) is 23.1 Å². The Morgan fingerprint density at radius 3 is 2.73 bits per heavy atom. The molecule has 3 heterocycles. The van der Waals surface area contributed by atoms with Crippen LogP contribution in [0.3, 0.4) is 0 Å². The number of oxazole rings is 1. The number of fused-ring (bicyclic) bond motifs is 1. The molecule has 0 aliphatic rings. The molecule has 0 amide bonds. The second-order valence-electron chi connectivity index (χ2n) is 6.79. The summed E-state index contributed by atoms with van der Waals surface area (Å²) in [5, 5.41) is 8.01. The van der Waals surface area contributed by atoms with Gasteiger partial charge in [-0.2, -0.15) is 4.52 Å². The molecule has 4 aromatic rings. The zero-order valence-electron chi connectivity index (χ0n) is 17.5. The van der Waals surface area contributed by atoms with Gasteiger partial charge in [0, 0.05) is 30.2 Å². The van der Waals surface area contributed by atoms with Crippen LogP contribution >= 0.6 is 0 Å². The van der Waals surface area contributed by atoms with E-state index in [9.17, 15) is 0 Å². The van der Waals surface area contributed by atoms with E-state index in [2.05, 4.69) is 22.3 Å². The van der Waals surface area contributed by atoms with Crippen LogP contribution in [-0.4, -0.2) is 38.8 Å². The molecule has 0 fully saturated rings. The number of aryl methyl sites for hydroxylation is 2. The summed E-state index contributed by atoms with van der Waals surface area (Å²) in [6, 6.07) is 5.70. The third-order valence-electron chi connectivity index (χ3n) is 4.80. The minimum Gasteiger partial charge on any atom is -0.497 e. The third kappa shape index (κ3) is 3.66. The van der Waals surface area contributed by atoms with Gasteiger partial charge in [0.25, 0.3) is 0 Å². The molecule has 9 heteroatoms. The van der Waals surface area contributed by atoms with Gasteiger partial charge in [-0.3, -0.25) is 0 Å². The highest BCUT2D eigenvalue weighted by molar-refractivity contribution is 5.66. The largest absolute Gasteiger partial charge is 0.497 e. The van der Waals surface area contributed by atoms with E-state index < -0.39 is 0 Å². The van der Waals surface area contributed by atoms with Gasteiger partial charge in [-0.1, -0.05) is 6.92 Å². The maximum atomic E-state index is 5.50. The lowest BCUT2D eigenvalue weighted by Gasteiger charge is -2.13. The summed E-state index contributed by atoms with van der Waals surface area (Å²) in [4.78, 5) is 13.7. The molecule has 0 bridgehead atoms. The lowest BCUT2D eigenvalue weighted by molar-refractivity contribution is 0.391. The fraction of sp³-hybridized carbons (Fsp3) is 0.333. The molecule has 0 radical (unpaired) electrons. The number of ether oxygens (including phenoxy) is 2. The molecule has 0 spiro atoms. The Morgan fingerprint density at radius 1 is 1.17 bits per heavy atom. The summed E-state index contributed by atoms with van der Waals surface area (Å²) < 4.78 is 18.0. The van der Waals surface area contributed by atoms with Crippen LogP contribution in [-0.2, 0) is 13.0 Å². The minimum atomic E-state index is 0.445. The first-order chi connectivity index (χ1) is 14.6. The van der Waals surface area contributed by atoms with Crippen LogP contribution in [0.5, 0.6) is 11.5 Å². The Morgan fingerprint density at radius 2 is 2.03 bits per heavy atom. The van der Waals surface area contributed by atoms with Crippen LogP contribution in [0.15, 0.2) is 35.1 Å². The molecule has 4 rings (SSSR count). The smallest absolute Gasteiger partial charge is 0.245 e. The number of nitrogens with one attached hydrogen (secondary N) is 1. The quantitative estimate of drug-likeness (QED) is 0.471. The topological polar surface area (TPSA) is 99.6 Å². The van der Waals surface area contributed by atoms with E-state index in [0.717, 1.165) is 46.9 Å². The van der Waals surface area contributed by atoms with Gasteiger partial charge in [-0.25, -0.2) is 15.0 Å². The Hall–Kier alpha value is -3.62. The van der Waals surface area contributed by atoms with Gasteiger partial charge in [0.1, 0.15) is 23.5 Å². The normalized spacial score (nSPS) is 11.1.